The molecule has 1 aliphatic carbocycles. The summed E-state index contributed by atoms with van der Waals surface area (Å²) in [5.41, 5.74) is -0.127. The van der Waals surface area contributed by atoms with E-state index in [9.17, 15) is 20.0 Å². The SMILES string of the molecule is O=C1c2ccccc2[C@]2(O)[C@H]1[C@@H](c1ccc(Br)cc1)C([N+](=O)[O-])=C1NCCCN12. The van der Waals surface area contributed by atoms with Crippen LogP contribution in [0.25, 0.3) is 0 Å². The summed E-state index contributed by atoms with van der Waals surface area (Å²) in [5.74, 6) is -1.83. The van der Waals surface area contributed by atoms with Crippen LogP contribution in [0.1, 0.15) is 33.8 Å². The third-order valence-electron chi connectivity index (χ3n) is 6.13. The van der Waals surface area contributed by atoms with Crippen LogP contribution in [0.4, 0.5) is 0 Å². The average Bonchev–Trinajstić information content (AvgIpc) is 2.96. The Labute approximate surface area is 175 Å². The van der Waals surface area contributed by atoms with E-state index in [1.54, 1.807) is 53.4 Å². The molecular formula is C21H18BrN3O4. The van der Waals surface area contributed by atoms with Crippen LogP contribution < -0.4 is 5.32 Å². The van der Waals surface area contributed by atoms with Crippen molar-refractivity contribution >= 4 is 21.7 Å². The Morgan fingerprint density at radius 2 is 1.93 bits per heavy atom. The first kappa shape index (κ1) is 18.3. The van der Waals surface area contributed by atoms with Crippen molar-refractivity contribution in [2.75, 3.05) is 13.1 Å². The highest BCUT2D eigenvalue weighted by Crippen LogP contribution is 2.56. The van der Waals surface area contributed by atoms with E-state index in [2.05, 4.69) is 21.2 Å². The van der Waals surface area contributed by atoms with Gasteiger partial charge in [-0.3, -0.25) is 14.9 Å². The lowest BCUT2D eigenvalue weighted by Crippen LogP contribution is -2.60. The molecule has 1 saturated heterocycles. The topological polar surface area (TPSA) is 95.7 Å². The average molecular weight is 456 g/mol. The summed E-state index contributed by atoms with van der Waals surface area (Å²) in [6, 6.07) is 14.1. The number of nitrogens with one attached hydrogen (secondary N) is 1. The fourth-order valence-electron chi connectivity index (χ4n) is 4.98. The Morgan fingerprint density at radius 3 is 2.66 bits per heavy atom. The zero-order valence-corrected chi connectivity index (χ0v) is 16.9. The van der Waals surface area contributed by atoms with Crippen LogP contribution in [0.15, 0.2) is 64.5 Å². The van der Waals surface area contributed by atoms with Gasteiger partial charge in [-0.15, -0.1) is 0 Å². The quantitative estimate of drug-likeness (QED) is 0.533. The van der Waals surface area contributed by atoms with Gasteiger partial charge < -0.3 is 15.3 Å². The zero-order chi connectivity index (χ0) is 20.3. The fourth-order valence-corrected chi connectivity index (χ4v) is 5.24. The van der Waals surface area contributed by atoms with Gasteiger partial charge in [0.2, 0.25) is 0 Å². The van der Waals surface area contributed by atoms with Gasteiger partial charge in [0, 0.05) is 28.7 Å². The Balaban J connectivity index is 1.82. The molecule has 0 unspecified atom stereocenters. The lowest BCUT2D eigenvalue weighted by Gasteiger charge is -2.50. The van der Waals surface area contributed by atoms with E-state index in [0.29, 0.717) is 42.0 Å². The molecule has 0 radical (unpaired) electrons. The van der Waals surface area contributed by atoms with Gasteiger partial charge in [-0.1, -0.05) is 52.3 Å². The number of Topliss-reactive ketones (excluding diaryl/α,β-unsaturated/α-hetero) is 1. The molecule has 3 aliphatic rings. The number of fused-ring (bicyclic) bond motifs is 5. The number of carbonyl (C=O) groups is 1. The smallest absolute Gasteiger partial charge is 0.294 e. The normalized spacial score (nSPS) is 27.8. The van der Waals surface area contributed by atoms with E-state index in [-0.39, 0.29) is 11.5 Å². The molecular weight excluding hydrogens is 438 g/mol. The molecule has 0 bridgehead atoms. The van der Waals surface area contributed by atoms with E-state index >= 15 is 0 Å². The number of rotatable bonds is 2. The minimum Gasteiger partial charge on any atom is -0.366 e. The maximum atomic E-state index is 13.5. The van der Waals surface area contributed by atoms with Crippen LogP contribution in [0.2, 0.25) is 0 Å². The van der Waals surface area contributed by atoms with Gasteiger partial charge in [-0.05, 0) is 24.1 Å². The fraction of sp³-hybridized carbons (Fsp3) is 0.286. The summed E-state index contributed by atoms with van der Waals surface area (Å²) < 4.78 is 0.834. The number of carbonyl (C=O) groups excluding carboxylic acids is 1. The number of benzene rings is 2. The monoisotopic (exact) mass is 455 g/mol. The second-order valence-electron chi connectivity index (χ2n) is 7.57. The van der Waals surface area contributed by atoms with Crippen molar-refractivity contribution < 1.29 is 14.8 Å². The van der Waals surface area contributed by atoms with Crippen molar-refractivity contribution in [3.63, 3.8) is 0 Å². The van der Waals surface area contributed by atoms with Crippen molar-refractivity contribution in [3.8, 4) is 0 Å². The van der Waals surface area contributed by atoms with Gasteiger partial charge in [0.25, 0.3) is 5.70 Å². The van der Waals surface area contributed by atoms with Gasteiger partial charge in [0.1, 0.15) is 0 Å². The van der Waals surface area contributed by atoms with Crippen molar-refractivity contribution in [1.82, 2.24) is 10.2 Å². The van der Waals surface area contributed by atoms with Crippen LogP contribution in [0.5, 0.6) is 0 Å². The summed E-state index contributed by atoms with van der Waals surface area (Å²) in [6.45, 7) is 1.01. The number of allylic oxidation sites excluding steroid dienone is 1. The standard InChI is InChI=1S/C21H18BrN3O4/c22-13-8-6-12(7-9-13)16-17-19(26)14-4-1-2-5-15(14)21(17,27)24-11-3-10-23-20(24)18(16)25(28)29/h1-2,4-9,16-17,23,27H,3,10-11H2/t16-,17+,21+/m1/s1. The first-order valence-corrected chi connectivity index (χ1v) is 10.3. The Kier molecular flexibility index (Phi) is 4.04. The largest absolute Gasteiger partial charge is 0.366 e. The molecule has 8 heteroatoms. The van der Waals surface area contributed by atoms with E-state index in [1.165, 1.54) is 0 Å². The molecule has 5 rings (SSSR count). The van der Waals surface area contributed by atoms with E-state index in [4.69, 9.17) is 0 Å². The second-order valence-corrected chi connectivity index (χ2v) is 8.48. The number of hydrogen-bond donors (Lipinski definition) is 2. The number of hydrogen-bond acceptors (Lipinski definition) is 6. The molecule has 1 fully saturated rings. The number of halogens is 1. The molecule has 29 heavy (non-hydrogen) atoms. The molecule has 0 aromatic heterocycles. The molecule has 2 aliphatic heterocycles. The maximum Gasteiger partial charge on any atom is 0.294 e. The lowest BCUT2D eigenvalue weighted by atomic mass is 9.73. The summed E-state index contributed by atoms with van der Waals surface area (Å²) in [4.78, 5) is 26.9. The first-order chi connectivity index (χ1) is 13.9. The molecule has 3 atom stereocenters. The summed E-state index contributed by atoms with van der Waals surface area (Å²) >= 11 is 3.39. The van der Waals surface area contributed by atoms with Crippen LogP contribution in [-0.4, -0.2) is 33.8 Å². The molecule has 2 aromatic rings. The van der Waals surface area contributed by atoms with Gasteiger partial charge in [0.15, 0.2) is 17.3 Å². The molecule has 2 N–H and O–H groups in total. The van der Waals surface area contributed by atoms with Gasteiger partial charge in [0.05, 0.1) is 16.8 Å². The molecule has 148 valence electrons. The first-order valence-electron chi connectivity index (χ1n) is 9.46. The third-order valence-corrected chi connectivity index (χ3v) is 6.66. The number of ketones is 1. The summed E-state index contributed by atoms with van der Waals surface area (Å²) in [7, 11) is 0. The van der Waals surface area contributed by atoms with E-state index in [1.807, 2.05) is 0 Å². The predicted molar refractivity (Wildman–Crippen MR) is 108 cm³/mol. The molecule has 0 saturated carbocycles. The van der Waals surface area contributed by atoms with Gasteiger partial charge in [-0.2, -0.15) is 0 Å². The highest BCUT2D eigenvalue weighted by atomic mass is 79.9. The Morgan fingerprint density at radius 1 is 1.21 bits per heavy atom. The molecule has 0 spiro atoms. The highest BCUT2D eigenvalue weighted by Gasteiger charge is 2.65. The maximum absolute atomic E-state index is 13.5. The number of aliphatic hydroxyl groups is 1. The lowest BCUT2D eigenvalue weighted by molar-refractivity contribution is -0.439. The number of nitro groups is 1. The molecule has 7 nitrogen and oxygen atoms in total. The minimum absolute atomic E-state index is 0.0668. The van der Waals surface area contributed by atoms with Crippen LogP contribution >= 0.6 is 15.9 Å². The van der Waals surface area contributed by atoms with Crippen LogP contribution in [-0.2, 0) is 5.72 Å². The van der Waals surface area contributed by atoms with E-state index in [0.717, 1.165) is 4.47 Å². The van der Waals surface area contributed by atoms with Crippen LogP contribution in [0.3, 0.4) is 0 Å². The van der Waals surface area contributed by atoms with E-state index < -0.39 is 22.5 Å². The third kappa shape index (κ3) is 2.42. The minimum atomic E-state index is -1.63. The molecule has 2 aromatic carbocycles. The number of nitrogens with zero attached hydrogens (tertiary/aromatic N) is 2. The summed E-state index contributed by atoms with van der Waals surface area (Å²) in [5, 5.41) is 27.4. The highest BCUT2D eigenvalue weighted by molar-refractivity contribution is 9.10. The van der Waals surface area contributed by atoms with Gasteiger partial charge >= 0.3 is 0 Å². The van der Waals surface area contributed by atoms with Crippen molar-refractivity contribution in [2.45, 2.75) is 18.1 Å². The second kappa shape index (κ2) is 6.40. The summed E-state index contributed by atoms with van der Waals surface area (Å²) in [6.07, 6.45) is 0.711. The zero-order valence-electron chi connectivity index (χ0n) is 15.3. The van der Waals surface area contributed by atoms with Crippen LogP contribution in [0, 0.1) is 16.0 Å². The molecule has 0 amide bonds. The van der Waals surface area contributed by atoms with Crippen molar-refractivity contribution in [1.29, 1.82) is 0 Å². The van der Waals surface area contributed by atoms with Gasteiger partial charge in [-0.25, -0.2) is 0 Å². The van der Waals surface area contributed by atoms with Crippen molar-refractivity contribution in [2.24, 2.45) is 5.92 Å². The Bertz CT molecular complexity index is 1070. The Hall–Kier alpha value is -2.71. The van der Waals surface area contributed by atoms with Crippen molar-refractivity contribution in [3.05, 3.63) is 91.3 Å². The molecule has 2 heterocycles. The predicted octanol–water partition coefficient (Wildman–Crippen LogP) is 2.95.